The van der Waals surface area contributed by atoms with Crippen molar-refractivity contribution in [3.63, 3.8) is 0 Å². The van der Waals surface area contributed by atoms with E-state index in [4.69, 9.17) is 9.47 Å². The molecule has 3 rings (SSSR count). The molecular weight excluding hydrogens is 388 g/mol. The number of rotatable bonds is 9. The molecule has 1 atom stereocenters. The summed E-state index contributed by atoms with van der Waals surface area (Å²) in [4.78, 5) is 25.0. The Morgan fingerprint density at radius 1 is 1.06 bits per heavy atom. The largest absolute Gasteiger partial charge is 0.466 e. The van der Waals surface area contributed by atoms with Crippen molar-refractivity contribution in [1.82, 2.24) is 0 Å². The number of ether oxygens (including phenoxy) is 2. The summed E-state index contributed by atoms with van der Waals surface area (Å²) >= 11 is 0. The molecule has 0 N–H and O–H groups in total. The molecule has 0 fully saturated rings. The zero-order valence-corrected chi connectivity index (χ0v) is 19.2. The first kappa shape index (κ1) is 23.1. The van der Waals surface area contributed by atoms with Crippen LogP contribution in [-0.2, 0) is 26.2 Å². The van der Waals surface area contributed by atoms with Crippen LogP contribution in [0, 0.1) is 0 Å². The second-order valence-corrected chi connectivity index (χ2v) is 9.36. The van der Waals surface area contributed by atoms with Crippen LogP contribution in [0.4, 0.5) is 0 Å². The van der Waals surface area contributed by atoms with Crippen LogP contribution in [0.3, 0.4) is 0 Å². The van der Waals surface area contributed by atoms with Crippen LogP contribution in [0.5, 0.6) is 5.75 Å². The van der Waals surface area contributed by atoms with E-state index in [1.165, 1.54) is 12.8 Å². The second kappa shape index (κ2) is 10.1. The fourth-order valence-electron chi connectivity index (χ4n) is 4.02. The number of hydrogen-bond donors (Lipinski definition) is 0. The summed E-state index contributed by atoms with van der Waals surface area (Å²) in [5.41, 5.74) is 3.66. The van der Waals surface area contributed by atoms with Gasteiger partial charge >= 0.3 is 11.9 Å². The predicted octanol–water partition coefficient (Wildman–Crippen LogP) is 6.09. The minimum atomic E-state index is -0.428. The first-order valence-electron chi connectivity index (χ1n) is 11.4. The van der Waals surface area contributed by atoms with Crippen molar-refractivity contribution in [2.45, 2.75) is 77.6 Å². The van der Waals surface area contributed by atoms with Crippen LogP contribution in [0.1, 0.15) is 88.0 Å². The normalized spacial score (nSPS) is 15.5. The Morgan fingerprint density at radius 3 is 2.48 bits per heavy atom. The van der Waals surface area contributed by atoms with E-state index in [2.05, 4.69) is 33.8 Å². The zero-order chi connectivity index (χ0) is 22.4. The summed E-state index contributed by atoms with van der Waals surface area (Å²) in [7, 11) is 0. The Kier molecular flexibility index (Phi) is 7.53. The summed E-state index contributed by atoms with van der Waals surface area (Å²) in [5.74, 6) is -0.159. The third-order valence-electron chi connectivity index (χ3n) is 5.75. The Hall–Kier alpha value is -2.62. The lowest BCUT2D eigenvalue weighted by atomic mass is 9.81. The van der Waals surface area contributed by atoms with Crippen LogP contribution in [-0.4, -0.2) is 18.5 Å². The van der Waals surface area contributed by atoms with E-state index in [0.717, 1.165) is 35.1 Å². The first-order valence-corrected chi connectivity index (χ1v) is 11.4. The lowest BCUT2D eigenvalue weighted by molar-refractivity contribution is -0.143. The molecule has 2 aromatic rings. The monoisotopic (exact) mass is 422 g/mol. The quantitative estimate of drug-likeness (QED) is 0.279. The molecule has 4 heteroatoms. The van der Waals surface area contributed by atoms with Crippen molar-refractivity contribution >= 4 is 11.9 Å². The highest BCUT2D eigenvalue weighted by Gasteiger charge is 2.38. The van der Waals surface area contributed by atoms with Gasteiger partial charge in [-0.3, -0.25) is 9.59 Å². The maximum absolute atomic E-state index is 12.8. The fourth-order valence-corrected chi connectivity index (χ4v) is 4.02. The number of carbonyl (C=O) groups excluding carboxylic acids is 2. The minimum absolute atomic E-state index is 0.166. The van der Waals surface area contributed by atoms with Crippen molar-refractivity contribution in [2.75, 3.05) is 6.61 Å². The Balaban J connectivity index is 1.79. The number of aryl methyl sites for hydroxylation is 1. The zero-order valence-electron chi connectivity index (χ0n) is 19.2. The maximum atomic E-state index is 12.8. The first-order chi connectivity index (χ1) is 14.8. The number of esters is 2. The molecule has 1 unspecified atom stereocenters. The summed E-state index contributed by atoms with van der Waals surface area (Å²) in [6.45, 7) is 8.99. The van der Waals surface area contributed by atoms with Crippen LogP contribution < -0.4 is 4.74 Å². The van der Waals surface area contributed by atoms with Gasteiger partial charge in [-0.2, -0.15) is 0 Å². The highest BCUT2D eigenvalue weighted by molar-refractivity contribution is 5.90. The molecule has 1 aliphatic rings. The van der Waals surface area contributed by atoms with Crippen molar-refractivity contribution in [3.8, 4) is 5.75 Å². The van der Waals surface area contributed by atoms with Crippen LogP contribution in [0.2, 0.25) is 0 Å². The smallest absolute Gasteiger partial charge is 0.323 e. The van der Waals surface area contributed by atoms with Crippen molar-refractivity contribution in [1.29, 1.82) is 0 Å². The molecular formula is C27H34O4. The molecule has 0 radical (unpaired) electrons. The summed E-state index contributed by atoms with van der Waals surface area (Å²) in [6, 6.07) is 13.8. The molecule has 0 amide bonds. The lowest BCUT2D eigenvalue weighted by Crippen LogP contribution is -2.14. The van der Waals surface area contributed by atoms with E-state index in [1.54, 1.807) is 0 Å². The van der Waals surface area contributed by atoms with Crippen LogP contribution in [0.25, 0.3) is 0 Å². The van der Waals surface area contributed by atoms with Gasteiger partial charge in [-0.15, -0.1) is 0 Å². The van der Waals surface area contributed by atoms with E-state index in [1.807, 2.05) is 36.4 Å². The molecule has 0 aromatic heterocycles. The van der Waals surface area contributed by atoms with E-state index >= 15 is 0 Å². The minimum Gasteiger partial charge on any atom is -0.466 e. The van der Waals surface area contributed by atoms with E-state index < -0.39 is 5.92 Å². The van der Waals surface area contributed by atoms with Crippen molar-refractivity contribution in [2.24, 2.45) is 0 Å². The molecule has 1 aliphatic heterocycles. The topological polar surface area (TPSA) is 52.6 Å². The van der Waals surface area contributed by atoms with Gasteiger partial charge in [0.05, 0.1) is 6.61 Å². The van der Waals surface area contributed by atoms with E-state index in [9.17, 15) is 9.59 Å². The Morgan fingerprint density at radius 2 is 1.81 bits per heavy atom. The Bertz CT molecular complexity index is 909. The molecule has 1 heterocycles. The molecule has 0 saturated carbocycles. The van der Waals surface area contributed by atoms with Gasteiger partial charge in [0.25, 0.3) is 0 Å². The van der Waals surface area contributed by atoms with Gasteiger partial charge in [0.2, 0.25) is 0 Å². The molecule has 0 spiro atoms. The van der Waals surface area contributed by atoms with E-state index in [-0.39, 0.29) is 17.4 Å². The average Bonchev–Trinajstić information content (AvgIpc) is 3.07. The summed E-state index contributed by atoms with van der Waals surface area (Å²) in [6.07, 6.45) is 5.27. The number of benzene rings is 2. The van der Waals surface area contributed by atoms with Crippen LogP contribution >= 0.6 is 0 Å². The molecule has 0 aliphatic carbocycles. The van der Waals surface area contributed by atoms with Crippen LogP contribution in [0.15, 0.2) is 42.5 Å². The second-order valence-electron chi connectivity index (χ2n) is 9.36. The molecule has 2 aromatic carbocycles. The van der Waals surface area contributed by atoms with Gasteiger partial charge in [0, 0.05) is 17.5 Å². The lowest BCUT2D eigenvalue weighted by Gasteiger charge is -2.23. The van der Waals surface area contributed by atoms with Crippen molar-refractivity contribution in [3.05, 3.63) is 64.7 Å². The number of fused-ring (bicyclic) bond motifs is 1. The van der Waals surface area contributed by atoms with E-state index in [0.29, 0.717) is 25.2 Å². The van der Waals surface area contributed by atoms with Crippen molar-refractivity contribution < 1.29 is 19.1 Å². The SMILES string of the molecule is CCCCCCOC(=O)CCc1cc2c(c(C(C)(C)C)c1)OC(=O)C2c1ccccc1. The number of carbonyl (C=O) groups is 2. The van der Waals surface area contributed by atoms with Gasteiger partial charge in [0.1, 0.15) is 11.7 Å². The predicted molar refractivity (Wildman–Crippen MR) is 122 cm³/mol. The average molecular weight is 423 g/mol. The highest BCUT2D eigenvalue weighted by atomic mass is 16.5. The summed E-state index contributed by atoms with van der Waals surface area (Å²) < 4.78 is 11.2. The summed E-state index contributed by atoms with van der Waals surface area (Å²) in [5, 5.41) is 0. The van der Waals surface area contributed by atoms with Gasteiger partial charge in [-0.25, -0.2) is 0 Å². The highest BCUT2D eigenvalue weighted by Crippen LogP contribution is 2.45. The van der Waals surface area contributed by atoms with Gasteiger partial charge < -0.3 is 9.47 Å². The molecule has 4 nitrogen and oxygen atoms in total. The third-order valence-corrected chi connectivity index (χ3v) is 5.75. The third kappa shape index (κ3) is 5.75. The molecule has 166 valence electrons. The standard InChI is InChI=1S/C27H34O4/c1-5-6-7-11-16-30-23(28)15-14-19-17-21-24(20-12-9-8-10-13-20)26(29)31-25(21)22(18-19)27(2,3)4/h8-10,12-13,17-18,24H,5-7,11,14-16H2,1-4H3. The number of unbranched alkanes of at least 4 members (excludes halogenated alkanes) is 3. The van der Waals surface area contributed by atoms with Gasteiger partial charge in [0.15, 0.2) is 0 Å². The molecule has 31 heavy (non-hydrogen) atoms. The number of hydrogen-bond acceptors (Lipinski definition) is 4. The maximum Gasteiger partial charge on any atom is 0.323 e. The molecule has 0 bridgehead atoms. The Labute approximate surface area is 186 Å². The fraction of sp³-hybridized carbons (Fsp3) is 0.481. The van der Waals surface area contributed by atoms with Gasteiger partial charge in [-0.1, -0.05) is 89.4 Å². The van der Waals surface area contributed by atoms with Gasteiger partial charge in [-0.05, 0) is 29.4 Å². The molecule has 0 saturated heterocycles.